The van der Waals surface area contributed by atoms with Crippen molar-refractivity contribution in [2.24, 2.45) is 0 Å². The minimum absolute atomic E-state index is 0.131. The van der Waals surface area contributed by atoms with Crippen LogP contribution in [0.15, 0.2) is 12.1 Å². The van der Waals surface area contributed by atoms with Gasteiger partial charge in [-0.3, -0.25) is 20.2 Å². The number of nitro benzene ring substituents is 2. The second-order valence-electron chi connectivity index (χ2n) is 6.14. The van der Waals surface area contributed by atoms with Crippen LogP contribution >= 0.6 is 0 Å². The standard InChI is InChI=1S/C14H20N4O6/c1-14(2,9-19)15-10-7-12(16-3-5-24-6-4-16)13(18(22)23)8-11(10)17(20)21/h7-8,15,19H,3-6,9H2,1-2H3. The van der Waals surface area contributed by atoms with Gasteiger partial charge in [-0.05, 0) is 19.9 Å². The van der Waals surface area contributed by atoms with E-state index in [-0.39, 0.29) is 18.0 Å². The van der Waals surface area contributed by atoms with E-state index in [9.17, 15) is 25.3 Å². The van der Waals surface area contributed by atoms with E-state index in [2.05, 4.69) is 5.32 Å². The van der Waals surface area contributed by atoms with E-state index in [1.54, 1.807) is 18.7 Å². The van der Waals surface area contributed by atoms with Crippen molar-refractivity contribution >= 4 is 22.7 Å². The Bertz CT molecular complexity index is 642. The Labute approximate surface area is 138 Å². The van der Waals surface area contributed by atoms with Crippen molar-refractivity contribution in [3.8, 4) is 0 Å². The summed E-state index contributed by atoms with van der Waals surface area (Å²) in [5.41, 5.74) is -1.11. The molecule has 2 N–H and O–H groups in total. The number of benzene rings is 1. The molecule has 0 bridgehead atoms. The average Bonchev–Trinajstić information content (AvgIpc) is 2.54. The number of hydrogen-bond donors (Lipinski definition) is 2. The third kappa shape index (κ3) is 3.89. The first-order chi connectivity index (χ1) is 11.2. The molecule has 0 radical (unpaired) electrons. The van der Waals surface area contributed by atoms with Crippen molar-refractivity contribution in [1.82, 2.24) is 0 Å². The van der Waals surface area contributed by atoms with Crippen LogP contribution in [0.4, 0.5) is 22.7 Å². The Hall–Kier alpha value is -2.46. The topological polar surface area (TPSA) is 131 Å². The van der Waals surface area contributed by atoms with E-state index in [1.165, 1.54) is 6.07 Å². The zero-order valence-electron chi connectivity index (χ0n) is 13.5. The van der Waals surface area contributed by atoms with Gasteiger partial charge in [0.15, 0.2) is 0 Å². The molecule has 0 spiro atoms. The number of nitrogens with one attached hydrogen (secondary N) is 1. The van der Waals surface area contributed by atoms with Crippen molar-refractivity contribution in [3.05, 3.63) is 32.4 Å². The van der Waals surface area contributed by atoms with Crippen LogP contribution in [0.2, 0.25) is 0 Å². The molecular weight excluding hydrogens is 320 g/mol. The highest BCUT2D eigenvalue weighted by atomic mass is 16.6. The molecule has 10 heteroatoms. The van der Waals surface area contributed by atoms with Crippen molar-refractivity contribution in [2.45, 2.75) is 19.4 Å². The highest BCUT2D eigenvalue weighted by Crippen LogP contribution is 2.39. The minimum atomic E-state index is -0.816. The second kappa shape index (κ2) is 6.97. The summed E-state index contributed by atoms with van der Waals surface area (Å²) < 4.78 is 5.24. The van der Waals surface area contributed by atoms with E-state index >= 15 is 0 Å². The van der Waals surface area contributed by atoms with Crippen LogP contribution in [0.3, 0.4) is 0 Å². The molecule has 1 heterocycles. The number of anilines is 2. The Morgan fingerprint density at radius 1 is 1.21 bits per heavy atom. The number of hydrogen-bond acceptors (Lipinski definition) is 8. The second-order valence-corrected chi connectivity index (χ2v) is 6.14. The highest BCUT2D eigenvalue weighted by molar-refractivity contribution is 5.78. The maximum absolute atomic E-state index is 11.4. The fourth-order valence-corrected chi connectivity index (χ4v) is 2.42. The summed E-state index contributed by atoms with van der Waals surface area (Å²) in [6.45, 7) is 4.87. The van der Waals surface area contributed by atoms with Crippen LogP contribution < -0.4 is 10.2 Å². The number of nitrogens with zero attached hydrogens (tertiary/aromatic N) is 3. The first kappa shape index (κ1) is 17.9. The van der Waals surface area contributed by atoms with Gasteiger partial charge in [0, 0.05) is 13.1 Å². The first-order valence-electron chi connectivity index (χ1n) is 7.44. The van der Waals surface area contributed by atoms with Gasteiger partial charge in [-0.2, -0.15) is 0 Å². The van der Waals surface area contributed by atoms with Gasteiger partial charge in [0.1, 0.15) is 11.4 Å². The first-order valence-corrected chi connectivity index (χ1v) is 7.44. The molecule has 1 aromatic rings. The summed E-state index contributed by atoms with van der Waals surface area (Å²) in [7, 11) is 0. The van der Waals surface area contributed by atoms with Gasteiger partial charge < -0.3 is 20.1 Å². The van der Waals surface area contributed by atoms with Crippen LogP contribution in [-0.2, 0) is 4.74 Å². The summed E-state index contributed by atoms with van der Waals surface area (Å²) in [6, 6.07) is 2.36. The molecule has 0 aliphatic carbocycles. The third-order valence-electron chi connectivity index (χ3n) is 3.71. The van der Waals surface area contributed by atoms with Crippen LogP contribution in [0.25, 0.3) is 0 Å². The Balaban J connectivity index is 2.55. The van der Waals surface area contributed by atoms with Crippen LogP contribution in [0.1, 0.15) is 13.8 Å². The summed E-state index contributed by atoms with van der Waals surface area (Å²) >= 11 is 0. The minimum Gasteiger partial charge on any atom is -0.394 e. The molecule has 132 valence electrons. The molecule has 0 aromatic heterocycles. The van der Waals surface area contributed by atoms with Gasteiger partial charge in [-0.15, -0.1) is 0 Å². The predicted octanol–water partition coefficient (Wildman–Crippen LogP) is 1.52. The number of nitro groups is 2. The quantitative estimate of drug-likeness (QED) is 0.588. The summed E-state index contributed by atoms with van der Waals surface area (Å²) in [6.07, 6.45) is 0. The normalized spacial score (nSPS) is 15.2. The molecule has 24 heavy (non-hydrogen) atoms. The fraction of sp³-hybridized carbons (Fsp3) is 0.571. The number of rotatable bonds is 6. The van der Waals surface area contributed by atoms with Gasteiger partial charge in [0.25, 0.3) is 11.4 Å². The van der Waals surface area contributed by atoms with E-state index in [4.69, 9.17) is 4.74 Å². The smallest absolute Gasteiger partial charge is 0.299 e. The lowest BCUT2D eigenvalue weighted by Crippen LogP contribution is -2.37. The lowest BCUT2D eigenvalue weighted by atomic mass is 10.1. The maximum Gasteiger partial charge on any atom is 0.299 e. The van der Waals surface area contributed by atoms with Crippen molar-refractivity contribution < 1.29 is 19.7 Å². The van der Waals surface area contributed by atoms with Crippen molar-refractivity contribution in [1.29, 1.82) is 0 Å². The zero-order valence-corrected chi connectivity index (χ0v) is 13.5. The van der Waals surface area contributed by atoms with Gasteiger partial charge in [0.05, 0.1) is 41.3 Å². The maximum atomic E-state index is 11.4. The molecular formula is C14H20N4O6. The highest BCUT2D eigenvalue weighted by Gasteiger charge is 2.30. The molecule has 1 aromatic carbocycles. The van der Waals surface area contributed by atoms with Crippen molar-refractivity contribution in [2.75, 3.05) is 43.1 Å². The molecule has 1 fully saturated rings. The van der Waals surface area contributed by atoms with Crippen LogP contribution in [0.5, 0.6) is 0 Å². The van der Waals surface area contributed by atoms with E-state index in [1.807, 2.05) is 0 Å². The molecule has 0 amide bonds. The summed E-state index contributed by atoms with van der Waals surface area (Å²) in [4.78, 5) is 23.1. The van der Waals surface area contributed by atoms with Crippen LogP contribution in [0, 0.1) is 20.2 Å². The van der Waals surface area contributed by atoms with E-state index < -0.39 is 21.1 Å². The number of aliphatic hydroxyl groups excluding tert-OH is 1. The molecule has 10 nitrogen and oxygen atoms in total. The summed E-state index contributed by atoms with van der Waals surface area (Å²) in [5, 5.41) is 34.9. The number of morpholine rings is 1. The third-order valence-corrected chi connectivity index (χ3v) is 3.71. The number of ether oxygens (including phenoxy) is 1. The summed E-state index contributed by atoms with van der Waals surface area (Å²) in [5.74, 6) is 0. The largest absolute Gasteiger partial charge is 0.394 e. The predicted molar refractivity (Wildman–Crippen MR) is 87.6 cm³/mol. The lowest BCUT2D eigenvalue weighted by molar-refractivity contribution is -0.393. The molecule has 0 saturated carbocycles. The molecule has 0 unspecified atom stereocenters. The van der Waals surface area contributed by atoms with Gasteiger partial charge in [-0.25, -0.2) is 0 Å². The van der Waals surface area contributed by atoms with E-state index in [0.717, 1.165) is 6.07 Å². The van der Waals surface area contributed by atoms with Crippen LogP contribution in [-0.4, -0.2) is 53.4 Å². The Morgan fingerprint density at radius 3 is 2.29 bits per heavy atom. The molecule has 2 rings (SSSR count). The number of aliphatic hydroxyl groups is 1. The van der Waals surface area contributed by atoms with Gasteiger partial charge in [-0.1, -0.05) is 0 Å². The van der Waals surface area contributed by atoms with Crippen molar-refractivity contribution in [3.63, 3.8) is 0 Å². The SMILES string of the molecule is CC(C)(CO)Nc1cc(N2CCOCC2)c([N+](=O)[O-])cc1[N+](=O)[O-]. The Kier molecular flexibility index (Phi) is 5.20. The monoisotopic (exact) mass is 340 g/mol. The van der Waals surface area contributed by atoms with E-state index in [0.29, 0.717) is 32.0 Å². The van der Waals surface area contributed by atoms with Gasteiger partial charge in [0.2, 0.25) is 0 Å². The lowest BCUT2D eigenvalue weighted by Gasteiger charge is -2.30. The molecule has 1 aliphatic heterocycles. The fourth-order valence-electron chi connectivity index (χ4n) is 2.42. The average molecular weight is 340 g/mol. The molecule has 0 atom stereocenters. The van der Waals surface area contributed by atoms with Gasteiger partial charge >= 0.3 is 0 Å². The molecule has 1 aliphatic rings. The molecule has 1 saturated heterocycles. The Morgan fingerprint density at radius 2 is 1.79 bits per heavy atom. The zero-order chi connectivity index (χ0) is 17.9.